The Morgan fingerprint density at radius 3 is 2.52 bits per heavy atom. The highest BCUT2D eigenvalue weighted by molar-refractivity contribution is 5.94. The molecule has 1 heterocycles. The zero-order valence-corrected chi connectivity index (χ0v) is 14.5. The van der Waals surface area contributed by atoms with Crippen molar-refractivity contribution in [2.24, 2.45) is 11.8 Å². The summed E-state index contributed by atoms with van der Waals surface area (Å²) < 4.78 is 12.8. The Hall–Kier alpha value is -1.95. The van der Waals surface area contributed by atoms with Crippen molar-refractivity contribution in [1.82, 2.24) is 5.32 Å². The van der Waals surface area contributed by atoms with Crippen molar-refractivity contribution >= 4 is 17.5 Å². The minimum Gasteiger partial charge on any atom is -0.342 e. The van der Waals surface area contributed by atoms with E-state index in [1.165, 1.54) is 61.3 Å². The Bertz CT molecular complexity index is 605. The summed E-state index contributed by atoms with van der Waals surface area (Å²) in [6, 6.07) is 5.56. The summed E-state index contributed by atoms with van der Waals surface area (Å²) in [5.74, 6) is 0.893. The van der Waals surface area contributed by atoms with Gasteiger partial charge in [0.15, 0.2) is 6.54 Å². The number of nitrogens with one attached hydrogen (secondary N) is 3. The number of quaternary nitrogens is 1. The van der Waals surface area contributed by atoms with E-state index in [-0.39, 0.29) is 24.2 Å². The molecule has 0 bridgehead atoms. The molecule has 2 amide bonds. The molecule has 0 radical (unpaired) electrons. The number of likely N-dealkylation sites (tertiary alicyclic amines) is 1. The lowest BCUT2D eigenvalue weighted by molar-refractivity contribution is -0.902. The van der Waals surface area contributed by atoms with Gasteiger partial charge in [0.25, 0.3) is 5.91 Å². The molecule has 1 aromatic carbocycles. The van der Waals surface area contributed by atoms with Gasteiger partial charge in [-0.3, -0.25) is 9.59 Å². The summed E-state index contributed by atoms with van der Waals surface area (Å²) in [5.41, 5.74) is 0.519. The van der Waals surface area contributed by atoms with Gasteiger partial charge in [0.1, 0.15) is 5.82 Å². The zero-order chi connectivity index (χ0) is 17.6. The van der Waals surface area contributed by atoms with Gasteiger partial charge in [-0.25, -0.2) is 4.39 Å². The van der Waals surface area contributed by atoms with Crippen molar-refractivity contribution in [3.8, 4) is 0 Å². The predicted octanol–water partition coefficient (Wildman–Crippen LogP) is 0.975. The van der Waals surface area contributed by atoms with Crippen LogP contribution in [0.4, 0.5) is 10.1 Å². The van der Waals surface area contributed by atoms with E-state index in [0.29, 0.717) is 12.2 Å². The zero-order valence-electron chi connectivity index (χ0n) is 14.5. The van der Waals surface area contributed by atoms with E-state index in [9.17, 15) is 14.0 Å². The molecule has 1 aliphatic heterocycles. The third kappa shape index (κ3) is 5.26. The molecule has 1 aliphatic carbocycles. The summed E-state index contributed by atoms with van der Waals surface area (Å²) in [7, 11) is 0. The maximum absolute atomic E-state index is 12.8. The van der Waals surface area contributed by atoms with Crippen LogP contribution in [0.5, 0.6) is 0 Å². The maximum atomic E-state index is 12.8. The number of carbonyl (C=O) groups is 2. The van der Waals surface area contributed by atoms with Crippen LogP contribution < -0.4 is 15.5 Å². The Labute approximate surface area is 148 Å². The molecule has 25 heavy (non-hydrogen) atoms. The Kier molecular flexibility index (Phi) is 6.02. The summed E-state index contributed by atoms with van der Waals surface area (Å²) in [4.78, 5) is 25.3. The first-order valence-electron chi connectivity index (χ1n) is 9.26. The Morgan fingerprint density at radius 1 is 1.04 bits per heavy atom. The van der Waals surface area contributed by atoms with Crippen molar-refractivity contribution in [3.05, 3.63) is 30.1 Å². The summed E-state index contributed by atoms with van der Waals surface area (Å²) >= 11 is 0. The molecule has 1 unspecified atom stereocenters. The topological polar surface area (TPSA) is 62.6 Å². The van der Waals surface area contributed by atoms with Gasteiger partial charge in [-0.1, -0.05) is 12.8 Å². The second-order valence-electron chi connectivity index (χ2n) is 7.31. The van der Waals surface area contributed by atoms with E-state index in [1.54, 1.807) is 0 Å². The minimum absolute atomic E-state index is 0.0600. The molecule has 0 spiro atoms. The van der Waals surface area contributed by atoms with Crippen molar-refractivity contribution in [3.63, 3.8) is 0 Å². The molecule has 2 fully saturated rings. The van der Waals surface area contributed by atoms with E-state index >= 15 is 0 Å². The van der Waals surface area contributed by atoms with E-state index < -0.39 is 0 Å². The molecule has 1 saturated carbocycles. The van der Waals surface area contributed by atoms with E-state index in [4.69, 9.17) is 0 Å². The lowest BCUT2D eigenvalue weighted by Gasteiger charge is -2.38. The van der Waals surface area contributed by atoms with Crippen LogP contribution in [0.3, 0.4) is 0 Å². The second-order valence-corrected chi connectivity index (χ2v) is 7.31. The van der Waals surface area contributed by atoms with Crippen LogP contribution in [0.15, 0.2) is 24.3 Å². The molecule has 6 heteroatoms. The lowest BCUT2D eigenvalue weighted by Crippen LogP contribution is -3.15. The van der Waals surface area contributed by atoms with Gasteiger partial charge < -0.3 is 15.5 Å². The number of hydrogen-bond acceptors (Lipinski definition) is 2. The van der Waals surface area contributed by atoms with Crippen molar-refractivity contribution < 1.29 is 18.9 Å². The van der Waals surface area contributed by atoms with Crippen molar-refractivity contribution in [2.75, 3.05) is 31.5 Å². The largest absolute Gasteiger partial charge is 0.342 e. The fourth-order valence-electron chi connectivity index (χ4n) is 4.16. The second kappa shape index (κ2) is 8.43. The number of halogens is 1. The highest BCUT2D eigenvalue weighted by Gasteiger charge is 2.34. The quantitative estimate of drug-likeness (QED) is 0.743. The Morgan fingerprint density at radius 2 is 1.76 bits per heavy atom. The first kappa shape index (κ1) is 17.9. The number of benzene rings is 1. The minimum atomic E-state index is -0.351. The standard InChI is InChI=1S/C19H26FN3O2/c20-16-5-7-17(8-6-16)22-18(24)11-21-19(25)13-23-10-9-14-3-1-2-4-15(14)12-23/h5-8,14-15H,1-4,9-13H2,(H,21,25)(H,22,24)/p+1/t14-,15+/m0/s1. The van der Waals surface area contributed by atoms with Gasteiger partial charge in [0.2, 0.25) is 5.91 Å². The van der Waals surface area contributed by atoms with E-state index in [0.717, 1.165) is 24.9 Å². The van der Waals surface area contributed by atoms with Gasteiger partial charge in [-0.15, -0.1) is 0 Å². The molecule has 136 valence electrons. The monoisotopic (exact) mass is 348 g/mol. The van der Waals surface area contributed by atoms with Crippen molar-refractivity contribution in [1.29, 1.82) is 0 Å². The van der Waals surface area contributed by atoms with Gasteiger partial charge in [-0.2, -0.15) is 0 Å². The highest BCUT2D eigenvalue weighted by Crippen LogP contribution is 2.32. The van der Waals surface area contributed by atoms with Crippen LogP contribution in [0.25, 0.3) is 0 Å². The molecule has 0 aromatic heterocycles. The van der Waals surface area contributed by atoms with Crippen LogP contribution in [0, 0.1) is 17.7 Å². The smallest absolute Gasteiger partial charge is 0.275 e. The first-order chi connectivity index (χ1) is 12.1. The number of fused-ring (bicyclic) bond motifs is 1. The van der Waals surface area contributed by atoms with Crippen LogP contribution in [0.2, 0.25) is 0 Å². The third-order valence-corrected chi connectivity index (χ3v) is 5.47. The molecular weight excluding hydrogens is 321 g/mol. The molecule has 3 N–H and O–H groups in total. The molecule has 3 rings (SSSR count). The highest BCUT2D eigenvalue weighted by atomic mass is 19.1. The summed E-state index contributed by atoms with van der Waals surface area (Å²) in [6.45, 7) is 2.51. The molecule has 1 aromatic rings. The van der Waals surface area contributed by atoms with Gasteiger partial charge in [0, 0.05) is 11.6 Å². The number of rotatable bonds is 5. The summed E-state index contributed by atoms with van der Waals surface area (Å²) in [5, 5.41) is 5.33. The van der Waals surface area contributed by atoms with Crippen molar-refractivity contribution in [2.45, 2.75) is 32.1 Å². The van der Waals surface area contributed by atoms with E-state index in [1.807, 2.05) is 0 Å². The van der Waals surface area contributed by atoms with E-state index in [2.05, 4.69) is 10.6 Å². The van der Waals surface area contributed by atoms with Crippen LogP contribution in [-0.4, -0.2) is 38.0 Å². The normalized spacial score (nSPS) is 25.7. The van der Waals surface area contributed by atoms with Crippen LogP contribution >= 0.6 is 0 Å². The van der Waals surface area contributed by atoms with Gasteiger partial charge in [-0.05, 0) is 49.4 Å². The average Bonchev–Trinajstić information content (AvgIpc) is 2.62. The molecule has 5 nitrogen and oxygen atoms in total. The van der Waals surface area contributed by atoms with Crippen LogP contribution in [-0.2, 0) is 9.59 Å². The maximum Gasteiger partial charge on any atom is 0.275 e. The number of anilines is 1. The predicted molar refractivity (Wildman–Crippen MR) is 93.7 cm³/mol. The molecule has 3 atom stereocenters. The fourth-order valence-corrected chi connectivity index (χ4v) is 4.16. The Balaban J connectivity index is 1.37. The fraction of sp³-hybridized carbons (Fsp3) is 0.579. The number of hydrogen-bond donors (Lipinski definition) is 3. The summed E-state index contributed by atoms with van der Waals surface area (Å²) in [6.07, 6.45) is 6.56. The number of amides is 2. The molecule has 1 saturated heterocycles. The molecule has 2 aliphatic rings. The lowest BCUT2D eigenvalue weighted by atomic mass is 9.75. The SMILES string of the molecule is O=C(C[NH+]1CC[C@@H]2CCCC[C@@H]2C1)NCC(=O)Nc1ccc(F)cc1. The third-order valence-electron chi connectivity index (χ3n) is 5.47. The van der Waals surface area contributed by atoms with Gasteiger partial charge in [0.05, 0.1) is 19.6 Å². The van der Waals surface area contributed by atoms with Crippen LogP contribution in [0.1, 0.15) is 32.1 Å². The molecular formula is C19H27FN3O2+. The number of piperidine rings is 1. The first-order valence-corrected chi connectivity index (χ1v) is 9.26. The average molecular weight is 348 g/mol. The van der Waals surface area contributed by atoms with Gasteiger partial charge >= 0.3 is 0 Å². The number of carbonyl (C=O) groups excluding carboxylic acids is 2.